The fourth-order valence-corrected chi connectivity index (χ4v) is 2.14. The van der Waals surface area contributed by atoms with E-state index in [1.807, 2.05) is 0 Å². The molecule has 0 aliphatic rings. The zero-order valence-electron chi connectivity index (χ0n) is 10.0. The molecule has 1 radical (unpaired) electrons. The Morgan fingerprint density at radius 2 is 2.00 bits per heavy atom. The number of carbonyl (C=O) groups excluding carboxylic acids is 1. The Bertz CT molecular complexity index is 811. The normalized spacial score (nSPS) is 10.8. The van der Waals surface area contributed by atoms with E-state index in [-0.39, 0.29) is 17.0 Å². The van der Waals surface area contributed by atoms with Gasteiger partial charge in [0.1, 0.15) is 17.6 Å². The Morgan fingerprint density at radius 1 is 1.30 bits per heavy atom. The van der Waals surface area contributed by atoms with Crippen molar-refractivity contribution in [2.24, 2.45) is 0 Å². The number of hydrogen-bond donors (Lipinski definition) is 1. The van der Waals surface area contributed by atoms with Crippen LogP contribution in [0.2, 0.25) is 5.02 Å². The Labute approximate surface area is 118 Å². The summed E-state index contributed by atoms with van der Waals surface area (Å²) in [5, 5.41) is 14.6. The number of aromatic nitrogens is 3. The summed E-state index contributed by atoms with van der Waals surface area (Å²) in [6, 6.07) is 8.33. The predicted molar refractivity (Wildman–Crippen MR) is 72.5 cm³/mol. The average Bonchev–Trinajstić information content (AvgIpc) is 2.87. The van der Waals surface area contributed by atoms with Crippen molar-refractivity contribution in [1.29, 1.82) is 0 Å². The molecule has 6 nitrogen and oxygen atoms in total. The largest absolute Gasteiger partial charge is 0.507 e. The number of rotatable bonds is 2. The molecule has 0 aliphatic heterocycles. The van der Waals surface area contributed by atoms with Crippen molar-refractivity contribution in [3.63, 3.8) is 0 Å². The third kappa shape index (κ3) is 1.86. The number of amides is 1. The lowest BCUT2D eigenvalue weighted by atomic mass is 10.1. The van der Waals surface area contributed by atoms with Gasteiger partial charge in [-0.25, -0.2) is 9.50 Å². The first-order valence-electron chi connectivity index (χ1n) is 5.65. The van der Waals surface area contributed by atoms with Crippen molar-refractivity contribution < 1.29 is 9.90 Å². The first-order chi connectivity index (χ1) is 9.58. The summed E-state index contributed by atoms with van der Waals surface area (Å²) in [4.78, 5) is 15.2. The van der Waals surface area contributed by atoms with Crippen LogP contribution in [0.1, 0.15) is 10.4 Å². The first kappa shape index (κ1) is 12.4. The minimum Gasteiger partial charge on any atom is -0.507 e. The fourth-order valence-electron chi connectivity index (χ4n) is 2.01. The van der Waals surface area contributed by atoms with Crippen molar-refractivity contribution in [2.75, 3.05) is 0 Å². The van der Waals surface area contributed by atoms with Gasteiger partial charge in [-0.1, -0.05) is 23.7 Å². The van der Waals surface area contributed by atoms with Crippen LogP contribution >= 0.6 is 11.6 Å². The monoisotopic (exact) mass is 287 g/mol. The highest BCUT2D eigenvalue weighted by Crippen LogP contribution is 2.29. The van der Waals surface area contributed by atoms with E-state index >= 15 is 0 Å². The minimum atomic E-state index is -1.01. The number of benzene rings is 1. The Kier molecular flexibility index (Phi) is 2.80. The lowest BCUT2D eigenvalue weighted by Crippen LogP contribution is -2.05. The summed E-state index contributed by atoms with van der Waals surface area (Å²) in [5.41, 5.74) is 8.47. The molecule has 0 bridgehead atoms. The number of pyridine rings is 1. The Morgan fingerprint density at radius 3 is 2.65 bits per heavy atom. The van der Waals surface area contributed by atoms with Crippen LogP contribution in [0.3, 0.4) is 0 Å². The van der Waals surface area contributed by atoms with E-state index in [0.717, 1.165) is 5.56 Å². The summed E-state index contributed by atoms with van der Waals surface area (Å²) >= 11 is 5.84. The second kappa shape index (κ2) is 4.50. The highest BCUT2D eigenvalue weighted by Gasteiger charge is 2.19. The maximum absolute atomic E-state index is 11.3. The molecule has 0 unspecified atom stereocenters. The van der Waals surface area contributed by atoms with Gasteiger partial charge in [-0.3, -0.25) is 10.5 Å². The molecule has 0 fully saturated rings. The van der Waals surface area contributed by atoms with E-state index in [9.17, 15) is 9.90 Å². The van der Waals surface area contributed by atoms with Crippen LogP contribution in [0.4, 0.5) is 0 Å². The van der Waals surface area contributed by atoms with Crippen LogP contribution in [0.5, 0.6) is 5.75 Å². The maximum atomic E-state index is 11.3. The highest BCUT2D eigenvalue weighted by atomic mass is 35.5. The molecule has 20 heavy (non-hydrogen) atoms. The van der Waals surface area contributed by atoms with Gasteiger partial charge in [0.05, 0.1) is 5.69 Å². The highest BCUT2D eigenvalue weighted by molar-refractivity contribution is 6.30. The van der Waals surface area contributed by atoms with E-state index < -0.39 is 5.91 Å². The van der Waals surface area contributed by atoms with Crippen molar-refractivity contribution >= 4 is 23.2 Å². The fraction of sp³-hybridized carbons (Fsp3) is 0. The molecular weight excluding hydrogens is 280 g/mol. The van der Waals surface area contributed by atoms with Crippen LogP contribution in [0.15, 0.2) is 36.7 Å². The van der Waals surface area contributed by atoms with Crippen LogP contribution in [0.25, 0.3) is 16.9 Å². The molecule has 3 rings (SSSR count). The molecule has 2 heterocycles. The third-order valence-corrected chi connectivity index (χ3v) is 3.15. The molecule has 0 aliphatic carbocycles. The van der Waals surface area contributed by atoms with Gasteiger partial charge in [-0.15, -0.1) is 0 Å². The van der Waals surface area contributed by atoms with Gasteiger partial charge in [0.15, 0.2) is 5.65 Å². The molecule has 3 aromatic rings. The van der Waals surface area contributed by atoms with Crippen molar-refractivity contribution in [3.05, 3.63) is 47.2 Å². The van der Waals surface area contributed by atoms with E-state index in [1.54, 1.807) is 24.3 Å². The summed E-state index contributed by atoms with van der Waals surface area (Å²) in [7, 11) is 0. The molecule has 1 amide bonds. The lowest BCUT2D eigenvalue weighted by molar-refractivity contribution is 0.0990. The third-order valence-electron chi connectivity index (χ3n) is 2.90. The summed E-state index contributed by atoms with van der Waals surface area (Å²) in [6.45, 7) is 0. The molecule has 0 saturated carbocycles. The first-order valence-corrected chi connectivity index (χ1v) is 6.03. The zero-order chi connectivity index (χ0) is 14.3. The van der Waals surface area contributed by atoms with Gasteiger partial charge in [0, 0.05) is 16.7 Å². The van der Waals surface area contributed by atoms with Gasteiger partial charge >= 0.3 is 0 Å². The Hall–Kier alpha value is -2.60. The SMILES string of the molecule is [NH]C(=O)c1c(O)cc(-c2ccc(Cl)cc2)n2ncnc12. The summed E-state index contributed by atoms with van der Waals surface area (Å²) in [5.74, 6) is -1.31. The maximum Gasteiger partial charge on any atom is 0.277 e. The predicted octanol–water partition coefficient (Wildman–Crippen LogP) is 2.18. The van der Waals surface area contributed by atoms with E-state index in [4.69, 9.17) is 17.3 Å². The van der Waals surface area contributed by atoms with Crippen LogP contribution in [0, 0.1) is 0 Å². The van der Waals surface area contributed by atoms with Crippen molar-refractivity contribution in [3.8, 4) is 17.0 Å². The van der Waals surface area contributed by atoms with Gasteiger partial charge in [-0.2, -0.15) is 5.10 Å². The molecule has 0 atom stereocenters. The standard InChI is InChI=1S/C13H8ClN4O2/c14-8-3-1-7(2-4-8)9-5-10(19)11(12(15)20)13-16-6-17-18(9)13/h1-6,15,19H. The second-order valence-electron chi connectivity index (χ2n) is 4.12. The topological polar surface area (TPSA) is 91.3 Å². The van der Waals surface area contributed by atoms with Gasteiger partial charge in [0.25, 0.3) is 5.91 Å². The van der Waals surface area contributed by atoms with Gasteiger partial charge in [0.2, 0.25) is 0 Å². The molecule has 0 saturated heterocycles. The molecular formula is C13H8ClN4O2. The summed E-state index contributed by atoms with van der Waals surface area (Å²) in [6.07, 6.45) is 1.26. The second-order valence-corrected chi connectivity index (χ2v) is 4.56. The number of aromatic hydroxyl groups is 1. The van der Waals surface area contributed by atoms with E-state index in [0.29, 0.717) is 10.7 Å². The van der Waals surface area contributed by atoms with Gasteiger partial charge in [-0.05, 0) is 12.1 Å². The molecule has 99 valence electrons. The van der Waals surface area contributed by atoms with Crippen LogP contribution in [-0.4, -0.2) is 25.6 Å². The summed E-state index contributed by atoms with van der Waals surface area (Å²) < 4.78 is 1.41. The number of hydrogen-bond acceptors (Lipinski definition) is 4. The number of halogens is 1. The number of carbonyl (C=O) groups is 1. The average molecular weight is 288 g/mol. The van der Waals surface area contributed by atoms with E-state index in [1.165, 1.54) is 16.9 Å². The number of nitrogens with zero attached hydrogens (tertiary/aromatic N) is 3. The molecule has 2 N–H and O–H groups in total. The minimum absolute atomic E-state index is 0.148. The zero-order valence-corrected chi connectivity index (χ0v) is 10.8. The quantitative estimate of drug-likeness (QED) is 0.782. The molecule has 1 aromatic carbocycles. The van der Waals surface area contributed by atoms with Gasteiger partial charge < -0.3 is 5.11 Å². The number of fused-ring (bicyclic) bond motifs is 1. The lowest BCUT2D eigenvalue weighted by Gasteiger charge is -2.08. The molecule has 0 spiro atoms. The molecule has 2 aromatic heterocycles. The van der Waals surface area contributed by atoms with E-state index in [2.05, 4.69) is 10.1 Å². The van der Waals surface area contributed by atoms with Crippen molar-refractivity contribution in [1.82, 2.24) is 20.3 Å². The molecule has 7 heteroatoms. The van der Waals surface area contributed by atoms with Crippen LogP contribution < -0.4 is 5.73 Å². The number of nitrogens with one attached hydrogen (secondary N) is 1. The van der Waals surface area contributed by atoms with Crippen LogP contribution in [-0.2, 0) is 0 Å². The van der Waals surface area contributed by atoms with Crippen molar-refractivity contribution in [2.45, 2.75) is 0 Å². The smallest absolute Gasteiger partial charge is 0.277 e. The Balaban J connectivity index is 2.33.